The molecule has 0 fully saturated rings. The first-order valence-corrected chi connectivity index (χ1v) is 11.3. The van der Waals surface area contributed by atoms with Crippen LogP contribution in [0.5, 0.6) is 0 Å². The number of benzene rings is 3. The first kappa shape index (κ1) is 20.4. The van der Waals surface area contributed by atoms with Crippen molar-refractivity contribution in [3.8, 4) is 0 Å². The summed E-state index contributed by atoms with van der Waals surface area (Å²) in [4.78, 5) is 29.0. The third-order valence-electron chi connectivity index (χ3n) is 6.74. The maximum Gasteiger partial charge on any atom is 0.232 e. The van der Waals surface area contributed by atoms with Crippen LogP contribution in [0.4, 0.5) is 5.69 Å². The minimum absolute atomic E-state index is 0.0569. The molecule has 0 N–H and O–H groups in total. The van der Waals surface area contributed by atoms with Crippen LogP contribution in [-0.2, 0) is 9.59 Å². The molecule has 0 spiro atoms. The van der Waals surface area contributed by atoms with E-state index in [0.29, 0.717) is 19.3 Å². The van der Waals surface area contributed by atoms with Crippen molar-refractivity contribution < 1.29 is 9.59 Å². The van der Waals surface area contributed by atoms with Gasteiger partial charge in [0.1, 0.15) is 0 Å². The van der Waals surface area contributed by atoms with Crippen LogP contribution >= 0.6 is 0 Å². The molecule has 0 saturated carbocycles. The van der Waals surface area contributed by atoms with Gasteiger partial charge in [0, 0.05) is 35.7 Å². The van der Waals surface area contributed by atoms with Gasteiger partial charge < -0.3 is 0 Å². The highest BCUT2D eigenvalue weighted by atomic mass is 16.2. The predicted molar refractivity (Wildman–Crippen MR) is 128 cm³/mol. The van der Waals surface area contributed by atoms with E-state index >= 15 is 0 Å². The van der Waals surface area contributed by atoms with E-state index in [1.807, 2.05) is 54.3 Å². The zero-order chi connectivity index (χ0) is 22.2. The van der Waals surface area contributed by atoms with Crippen molar-refractivity contribution in [1.82, 2.24) is 0 Å². The van der Waals surface area contributed by atoms with Gasteiger partial charge in [0.2, 0.25) is 5.91 Å². The molecule has 2 atom stereocenters. The molecule has 1 amide bonds. The third kappa shape index (κ3) is 3.69. The maximum atomic E-state index is 13.6. The summed E-state index contributed by atoms with van der Waals surface area (Å²) in [7, 11) is 0. The highest BCUT2D eigenvalue weighted by molar-refractivity contribution is 6.08. The van der Waals surface area contributed by atoms with Crippen molar-refractivity contribution in [1.29, 1.82) is 0 Å². The molecule has 2 aliphatic rings. The molecule has 32 heavy (non-hydrogen) atoms. The zero-order valence-electron chi connectivity index (χ0n) is 18.5. The van der Waals surface area contributed by atoms with Crippen molar-refractivity contribution in [3.05, 3.63) is 112 Å². The summed E-state index contributed by atoms with van der Waals surface area (Å²) >= 11 is 0. The summed E-state index contributed by atoms with van der Waals surface area (Å²) in [6.07, 6.45) is 1.49. The highest BCUT2D eigenvalue weighted by Gasteiger charge is 2.42. The number of rotatable bonds is 3. The topological polar surface area (TPSA) is 37.4 Å². The summed E-state index contributed by atoms with van der Waals surface area (Å²) in [5, 5.41) is 0. The van der Waals surface area contributed by atoms with Gasteiger partial charge in [-0.3, -0.25) is 14.5 Å². The molecule has 1 aliphatic heterocycles. The molecule has 0 aromatic heterocycles. The summed E-state index contributed by atoms with van der Waals surface area (Å²) < 4.78 is 0. The lowest BCUT2D eigenvalue weighted by molar-refractivity contribution is -0.120. The molecule has 160 valence electrons. The largest absolute Gasteiger partial charge is 0.294 e. The fraction of sp³-hybridized carbons (Fsp3) is 0.241. The normalized spacial score (nSPS) is 21.0. The number of hydrogen-bond donors (Lipinski definition) is 0. The van der Waals surface area contributed by atoms with E-state index in [0.717, 1.165) is 33.6 Å². The Bertz CT molecular complexity index is 1210. The van der Waals surface area contributed by atoms with E-state index < -0.39 is 0 Å². The van der Waals surface area contributed by atoms with E-state index in [1.54, 1.807) is 0 Å². The van der Waals surface area contributed by atoms with Crippen LogP contribution in [0.15, 0.2) is 90.1 Å². The summed E-state index contributed by atoms with van der Waals surface area (Å²) in [5.41, 5.74) is 7.02. The van der Waals surface area contributed by atoms with Crippen LogP contribution in [0.3, 0.4) is 0 Å². The first-order chi connectivity index (χ1) is 15.5. The van der Waals surface area contributed by atoms with Crippen LogP contribution in [-0.4, -0.2) is 11.7 Å². The Morgan fingerprint density at radius 3 is 2.19 bits per heavy atom. The van der Waals surface area contributed by atoms with Gasteiger partial charge in [0.15, 0.2) is 5.78 Å². The second-order valence-corrected chi connectivity index (χ2v) is 9.03. The number of allylic oxidation sites excluding steroid dienone is 2. The number of amides is 1. The maximum absolute atomic E-state index is 13.6. The molecular weight excluding hydrogens is 394 g/mol. The SMILES string of the molecule is Cc1ccc(C2CC(=O)N(c3cccc(C)c3)C3=C2C(=O)CC(c2ccccc2)C3)cc1. The van der Waals surface area contributed by atoms with Crippen molar-refractivity contribution in [2.45, 2.75) is 44.9 Å². The lowest BCUT2D eigenvalue weighted by atomic mass is 9.72. The Kier molecular flexibility index (Phi) is 5.26. The number of aryl methyl sites for hydroxylation is 2. The number of Topliss-reactive ketones (excluding diaryl/α,β-unsaturated/α-hetero) is 1. The summed E-state index contributed by atoms with van der Waals surface area (Å²) in [6.45, 7) is 4.08. The van der Waals surface area contributed by atoms with E-state index in [9.17, 15) is 9.59 Å². The van der Waals surface area contributed by atoms with E-state index in [1.165, 1.54) is 5.56 Å². The highest BCUT2D eigenvalue weighted by Crippen LogP contribution is 2.47. The van der Waals surface area contributed by atoms with Crippen LogP contribution < -0.4 is 4.90 Å². The minimum Gasteiger partial charge on any atom is -0.294 e. The summed E-state index contributed by atoms with van der Waals surface area (Å²) in [6, 6.07) is 26.5. The fourth-order valence-corrected chi connectivity index (χ4v) is 5.15. The number of carbonyl (C=O) groups excluding carboxylic acids is 2. The van der Waals surface area contributed by atoms with Gasteiger partial charge in [-0.1, -0.05) is 72.3 Å². The van der Waals surface area contributed by atoms with Gasteiger partial charge in [0.25, 0.3) is 0 Å². The Labute approximate surface area is 189 Å². The lowest BCUT2D eigenvalue weighted by Gasteiger charge is -2.40. The first-order valence-electron chi connectivity index (χ1n) is 11.3. The van der Waals surface area contributed by atoms with Crippen molar-refractivity contribution in [3.63, 3.8) is 0 Å². The quantitative estimate of drug-likeness (QED) is 0.503. The molecule has 3 heteroatoms. The van der Waals surface area contributed by atoms with Crippen molar-refractivity contribution in [2.24, 2.45) is 0 Å². The smallest absolute Gasteiger partial charge is 0.232 e. The fourth-order valence-electron chi connectivity index (χ4n) is 5.15. The van der Waals surface area contributed by atoms with Gasteiger partial charge in [-0.2, -0.15) is 0 Å². The predicted octanol–water partition coefficient (Wildman–Crippen LogP) is 6.22. The van der Waals surface area contributed by atoms with Crippen LogP contribution in [0, 0.1) is 13.8 Å². The number of anilines is 1. The Morgan fingerprint density at radius 2 is 1.47 bits per heavy atom. The van der Waals surface area contributed by atoms with Crippen LogP contribution in [0.2, 0.25) is 0 Å². The Balaban J connectivity index is 1.66. The Morgan fingerprint density at radius 1 is 0.719 bits per heavy atom. The molecule has 0 radical (unpaired) electrons. The molecule has 0 bridgehead atoms. The second kappa shape index (κ2) is 8.23. The minimum atomic E-state index is -0.177. The average Bonchev–Trinajstić information content (AvgIpc) is 2.79. The van der Waals surface area contributed by atoms with E-state index in [-0.39, 0.29) is 23.5 Å². The van der Waals surface area contributed by atoms with Gasteiger partial charge in [0.05, 0.1) is 0 Å². The van der Waals surface area contributed by atoms with Gasteiger partial charge in [-0.05, 0) is 55.0 Å². The molecular formula is C29H27NO2. The van der Waals surface area contributed by atoms with Crippen molar-refractivity contribution >= 4 is 17.4 Å². The monoisotopic (exact) mass is 421 g/mol. The summed E-state index contributed by atoms with van der Waals surface area (Å²) in [5.74, 6) is 0.125. The molecule has 3 aromatic rings. The number of hydrogen-bond acceptors (Lipinski definition) is 2. The van der Waals surface area contributed by atoms with Gasteiger partial charge in [-0.15, -0.1) is 0 Å². The number of carbonyl (C=O) groups is 2. The molecule has 0 saturated heterocycles. The van der Waals surface area contributed by atoms with E-state index in [4.69, 9.17) is 0 Å². The second-order valence-electron chi connectivity index (χ2n) is 9.03. The van der Waals surface area contributed by atoms with Crippen LogP contribution in [0.1, 0.15) is 53.4 Å². The average molecular weight is 422 g/mol. The van der Waals surface area contributed by atoms with Crippen molar-refractivity contribution in [2.75, 3.05) is 4.90 Å². The van der Waals surface area contributed by atoms with Gasteiger partial charge in [-0.25, -0.2) is 0 Å². The number of nitrogens with zero attached hydrogens (tertiary/aromatic N) is 1. The standard InChI is InChI=1S/C29H27NO2/c1-19-11-13-22(14-12-19)25-18-28(32)30(24-10-6-7-20(2)15-24)26-16-23(17-27(31)29(25)26)21-8-4-3-5-9-21/h3-15,23,25H,16-18H2,1-2H3. The zero-order valence-corrected chi connectivity index (χ0v) is 18.5. The molecule has 2 unspecified atom stereocenters. The van der Waals surface area contributed by atoms with E-state index in [2.05, 4.69) is 43.3 Å². The van der Waals surface area contributed by atoms with Gasteiger partial charge >= 0.3 is 0 Å². The number of ketones is 1. The molecule has 3 nitrogen and oxygen atoms in total. The molecule has 3 aromatic carbocycles. The molecule has 1 aliphatic carbocycles. The Hall–Kier alpha value is -3.46. The third-order valence-corrected chi connectivity index (χ3v) is 6.74. The lowest BCUT2D eigenvalue weighted by Crippen LogP contribution is -2.41. The molecule has 1 heterocycles. The molecule has 5 rings (SSSR count). The van der Waals surface area contributed by atoms with Crippen LogP contribution in [0.25, 0.3) is 0 Å².